The fourth-order valence-electron chi connectivity index (χ4n) is 2.77. The molecule has 5 nitrogen and oxygen atoms in total. The average molecular weight is 351 g/mol. The molecule has 0 saturated carbocycles. The number of fused-ring (bicyclic) bond motifs is 1. The van der Waals surface area contributed by atoms with Crippen molar-refractivity contribution in [2.45, 2.75) is 32.6 Å². The Kier molecular flexibility index (Phi) is 5.10. The van der Waals surface area contributed by atoms with Gasteiger partial charge < -0.3 is 4.74 Å². The Balaban J connectivity index is 2.03. The monoisotopic (exact) mass is 351 g/mol. The van der Waals surface area contributed by atoms with E-state index < -0.39 is 6.23 Å². The van der Waals surface area contributed by atoms with Crippen molar-refractivity contribution in [2.75, 3.05) is 0 Å². The van der Waals surface area contributed by atoms with E-state index in [1.54, 1.807) is 30.3 Å². The van der Waals surface area contributed by atoms with E-state index >= 15 is 0 Å². The van der Waals surface area contributed by atoms with Crippen LogP contribution in [0.4, 0.5) is 4.39 Å². The second-order valence-electron chi connectivity index (χ2n) is 6.24. The molecule has 2 aromatic carbocycles. The van der Waals surface area contributed by atoms with Gasteiger partial charge in [0.2, 0.25) is 6.23 Å². The summed E-state index contributed by atoms with van der Waals surface area (Å²) in [5.41, 5.74) is 0.836. The van der Waals surface area contributed by atoms with E-state index in [4.69, 9.17) is 4.74 Å². The number of hydrogen-bond donors (Lipinski definition) is 0. The summed E-state index contributed by atoms with van der Waals surface area (Å²) in [6, 6.07) is 14.9. The van der Waals surface area contributed by atoms with Gasteiger partial charge in [0, 0.05) is 5.92 Å². The van der Waals surface area contributed by atoms with E-state index in [0.29, 0.717) is 22.3 Å². The second kappa shape index (κ2) is 7.46. The Bertz CT molecular complexity index is 1040. The number of para-hydroxylation sites is 1. The zero-order valence-electron chi connectivity index (χ0n) is 14.5. The molecule has 0 aliphatic carbocycles. The first-order valence-electron chi connectivity index (χ1n) is 8.28. The van der Waals surface area contributed by atoms with Gasteiger partial charge in [-0.2, -0.15) is 5.26 Å². The van der Waals surface area contributed by atoms with Gasteiger partial charge in [0.1, 0.15) is 17.7 Å². The van der Waals surface area contributed by atoms with Crippen molar-refractivity contribution in [1.82, 2.24) is 9.55 Å². The Morgan fingerprint density at radius 1 is 1.23 bits per heavy atom. The predicted molar refractivity (Wildman–Crippen MR) is 95.9 cm³/mol. The molecule has 0 radical (unpaired) electrons. The van der Waals surface area contributed by atoms with Crippen LogP contribution in [-0.4, -0.2) is 9.55 Å². The highest BCUT2D eigenvalue weighted by molar-refractivity contribution is 5.77. The molecule has 1 heterocycles. The number of aromatic nitrogens is 2. The molecule has 0 N–H and O–H groups in total. The number of ether oxygens (including phenoxy) is 1. The molecule has 0 aliphatic rings. The van der Waals surface area contributed by atoms with Crippen molar-refractivity contribution >= 4 is 10.9 Å². The van der Waals surface area contributed by atoms with Crippen LogP contribution in [0.3, 0.4) is 0 Å². The highest BCUT2D eigenvalue weighted by atomic mass is 19.1. The maximum absolute atomic E-state index is 13.3. The summed E-state index contributed by atoms with van der Waals surface area (Å²) in [6.45, 7) is 3.80. The molecular formula is C20H18FN3O2. The average Bonchev–Trinajstić information content (AvgIpc) is 2.63. The van der Waals surface area contributed by atoms with Crippen LogP contribution in [-0.2, 0) is 11.3 Å². The summed E-state index contributed by atoms with van der Waals surface area (Å²) >= 11 is 0. The maximum atomic E-state index is 13.3. The molecule has 3 rings (SSSR count). The molecule has 0 fully saturated rings. The van der Waals surface area contributed by atoms with Crippen LogP contribution in [0.2, 0.25) is 0 Å². The lowest BCUT2D eigenvalue weighted by atomic mass is 10.1. The maximum Gasteiger partial charge on any atom is 0.264 e. The van der Waals surface area contributed by atoms with E-state index in [2.05, 4.69) is 4.98 Å². The molecule has 0 saturated heterocycles. The third-order valence-corrected chi connectivity index (χ3v) is 3.99. The van der Waals surface area contributed by atoms with Gasteiger partial charge in [-0.1, -0.05) is 38.1 Å². The van der Waals surface area contributed by atoms with Crippen LogP contribution in [0.5, 0.6) is 0 Å². The molecule has 132 valence electrons. The third kappa shape index (κ3) is 3.48. The molecule has 1 aromatic heterocycles. The van der Waals surface area contributed by atoms with Crippen LogP contribution in [0.25, 0.3) is 10.9 Å². The number of nitriles is 1. The Hall–Kier alpha value is -3.04. The van der Waals surface area contributed by atoms with Crippen LogP contribution < -0.4 is 5.56 Å². The van der Waals surface area contributed by atoms with Crippen molar-refractivity contribution in [1.29, 1.82) is 5.26 Å². The Morgan fingerprint density at radius 3 is 2.69 bits per heavy atom. The summed E-state index contributed by atoms with van der Waals surface area (Å²) in [5.74, 6) is 0.00688. The number of benzene rings is 2. The van der Waals surface area contributed by atoms with Crippen LogP contribution >= 0.6 is 0 Å². The lowest BCUT2D eigenvalue weighted by molar-refractivity contribution is 0.0253. The van der Waals surface area contributed by atoms with Crippen LogP contribution in [0.1, 0.15) is 37.4 Å². The molecule has 1 unspecified atom stereocenters. The first-order valence-corrected chi connectivity index (χ1v) is 8.28. The van der Waals surface area contributed by atoms with Gasteiger partial charge in [-0.3, -0.25) is 9.36 Å². The first-order chi connectivity index (χ1) is 12.5. The molecule has 6 heteroatoms. The molecule has 0 aliphatic heterocycles. The van der Waals surface area contributed by atoms with E-state index in [0.717, 1.165) is 0 Å². The van der Waals surface area contributed by atoms with Gasteiger partial charge in [-0.25, -0.2) is 9.37 Å². The van der Waals surface area contributed by atoms with Gasteiger partial charge in [0.25, 0.3) is 5.56 Å². The Morgan fingerprint density at radius 2 is 2.00 bits per heavy atom. The molecule has 1 atom stereocenters. The normalized spacial score (nSPS) is 12.3. The predicted octanol–water partition coefficient (Wildman–Crippen LogP) is 3.90. The molecule has 0 bridgehead atoms. The van der Waals surface area contributed by atoms with Gasteiger partial charge in [0.05, 0.1) is 17.5 Å². The largest absolute Gasteiger partial charge is 0.340 e. The fourth-order valence-corrected chi connectivity index (χ4v) is 2.77. The molecule has 0 amide bonds. The van der Waals surface area contributed by atoms with E-state index in [9.17, 15) is 14.4 Å². The lowest BCUT2D eigenvalue weighted by Gasteiger charge is -2.20. The fraction of sp³-hybridized carbons (Fsp3) is 0.250. The van der Waals surface area contributed by atoms with Gasteiger partial charge in [-0.15, -0.1) is 0 Å². The molecular weight excluding hydrogens is 333 g/mol. The summed E-state index contributed by atoms with van der Waals surface area (Å²) in [5, 5.41) is 10.0. The zero-order chi connectivity index (χ0) is 18.7. The minimum atomic E-state index is -1.15. The third-order valence-electron chi connectivity index (χ3n) is 3.99. The van der Waals surface area contributed by atoms with E-state index in [1.807, 2.05) is 26.0 Å². The standard InChI is InChI=1S/C20H18FN3O2/c1-13(2)19-23-17-9-4-3-8-16(17)20(25)24(19)18(11-22)26-12-14-6-5-7-15(21)10-14/h3-10,13,18H,12H2,1-2H3. The smallest absolute Gasteiger partial charge is 0.264 e. The summed E-state index contributed by atoms with van der Waals surface area (Å²) in [7, 11) is 0. The van der Waals surface area contributed by atoms with Crippen molar-refractivity contribution < 1.29 is 9.13 Å². The topological polar surface area (TPSA) is 67.9 Å². The number of rotatable bonds is 5. The quantitative estimate of drug-likeness (QED) is 0.699. The SMILES string of the molecule is CC(C)c1nc2ccccc2c(=O)n1C(C#N)OCc1cccc(F)c1. The summed E-state index contributed by atoms with van der Waals surface area (Å²) in [6.07, 6.45) is -1.15. The highest BCUT2D eigenvalue weighted by Gasteiger charge is 2.21. The van der Waals surface area contributed by atoms with E-state index in [1.165, 1.54) is 16.7 Å². The van der Waals surface area contributed by atoms with Crippen molar-refractivity contribution in [3.63, 3.8) is 0 Å². The number of nitrogens with zero attached hydrogens (tertiary/aromatic N) is 3. The molecule has 26 heavy (non-hydrogen) atoms. The zero-order valence-corrected chi connectivity index (χ0v) is 14.5. The molecule has 0 spiro atoms. The lowest BCUT2D eigenvalue weighted by Crippen LogP contribution is -2.30. The highest BCUT2D eigenvalue weighted by Crippen LogP contribution is 2.20. The minimum absolute atomic E-state index is 0.00673. The molecule has 3 aromatic rings. The van der Waals surface area contributed by atoms with Crippen LogP contribution in [0.15, 0.2) is 53.3 Å². The van der Waals surface area contributed by atoms with Gasteiger partial charge in [0.15, 0.2) is 0 Å². The van der Waals surface area contributed by atoms with Crippen molar-refractivity contribution in [3.8, 4) is 6.07 Å². The summed E-state index contributed by atoms with van der Waals surface area (Å²) < 4.78 is 20.2. The van der Waals surface area contributed by atoms with Crippen molar-refractivity contribution in [2.24, 2.45) is 0 Å². The summed E-state index contributed by atoms with van der Waals surface area (Å²) in [4.78, 5) is 17.5. The second-order valence-corrected chi connectivity index (χ2v) is 6.24. The minimum Gasteiger partial charge on any atom is -0.340 e. The first kappa shape index (κ1) is 17.8. The Labute approximate surface area is 150 Å². The number of halogens is 1. The van der Waals surface area contributed by atoms with Crippen molar-refractivity contribution in [3.05, 3.63) is 76.1 Å². The van der Waals surface area contributed by atoms with E-state index in [-0.39, 0.29) is 23.9 Å². The van der Waals surface area contributed by atoms with Crippen LogP contribution in [0, 0.1) is 17.1 Å². The number of hydrogen-bond acceptors (Lipinski definition) is 4. The van der Waals surface area contributed by atoms with Gasteiger partial charge in [-0.05, 0) is 29.8 Å². The van der Waals surface area contributed by atoms with Gasteiger partial charge >= 0.3 is 0 Å².